The highest BCUT2D eigenvalue weighted by molar-refractivity contribution is 7.98. The van der Waals surface area contributed by atoms with Crippen molar-refractivity contribution in [3.05, 3.63) is 23.9 Å². The molecule has 0 aliphatic heterocycles. The average molecular weight is 270 g/mol. The number of amides is 1. The Labute approximate surface area is 111 Å². The molecule has 0 spiro atoms. The quantitative estimate of drug-likeness (QED) is 0.589. The molecule has 0 bridgehead atoms. The van der Waals surface area contributed by atoms with Crippen LogP contribution in [0.4, 0.5) is 0 Å². The predicted molar refractivity (Wildman–Crippen MR) is 70.9 cm³/mol. The molecule has 18 heavy (non-hydrogen) atoms. The first-order valence-electron chi connectivity index (χ1n) is 5.63. The van der Waals surface area contributed by atoms with Crippen LogP contribution in [0.5, 0.6) is 0 Å². The van der Waals surface area contributed by atoms with E-state index in [1.807, 2.05) is 6.26 Å². The minimum Gasteiger partial charge on any atom is -0.394 e. The fourth-order valence-corrected chi connectivity index (χ4v) is 1.93. The lowest BCUT2D eigenvalue weighted by atomic mass is 10.2. The smallest absolute Gasteiger partial charge is 0.256 e. The SMILES string of the molecule is CSc1ncccc1C(=O)N(C)CCOCCO. The zero-order valence-corrected chi connectivity index (χ0v) is 11.4. The third-order valence-corrected chi connectivity index (χ3v) is 3.06. The maximum Gasteiger partial charge on any atom is 0.256 e. The molecule has 1 aromatic rings. The average Bonchev–Trinajstić information content (AvgIpc) is 2.42. The standard InChI is InChI=1S/C12H18N2O3S/c1-14(6-8-17-9-7-15)12(16)10-4-3-5-13-11(10)18-2/h3-5,15H,6-9H2,1-2H3. The van der Waals surface area contributed by atoms with Crippen molar-refractivity contribution >= 4 is 17.7 Å². The highest BCUT2D eigenvalue weighted by Gasteiger charge is 2.15. The largest absolute Gasteiger partial charge is 0.394 e. The Bertz CT molecular complexity index is 387. The monoisotopic (exact) mass is 270 g/mol. The molecule has 1 amide bonds. The Kier molecular flexibility index (Phi) is 6.70. The second-order valence-electron chi connectivity index (χ2n) is 3.62. The van der Waals surface area contributed by atoms with Crippen molar-refractivity contribution < 1.29 is 14.6 Å². The van der Waals surface area contributed by atoms with E-state index in [1.165, 1.54) is 11.8 Å². The summed E-state index contributed by atoms with van der Waals surface area (Å²) in [6.45, 7) is 1.20. The molecule has 0 aliphatic rings. The molecule has 6 heteroatoms. The molecular formula is C12H18N2O3S. The summed E-state index contributed by atoms with van der Waals surface area (Å²) in [5, 5.41) is 9.30. The molecule has 0 aromatic carbocycles. The minimum absolute atomic E-state index is 0.00309. The number of aliphatic hydroxyl groups is 1. The number of aromatic nitrogens is 1. The van der Waals surface area contributed by atoms with Gasteiger partial charge in [-0.1, -0.05) is 0 Å². The van der Waals surface area contributed by atoms with Gasteiger partial charge in [0.1, 0.15) is 5.03 Å². The normalized spacial score (nSPS) is 10.4. The van der Waals surface area contributed by atoms with Gasteiger partial charge in [0.2, 0.25) is 0 Å². The first-order chi connectivity index (χ1) is 8.70. The van der Waals surface area contributed by atoms with E-state index in [0.717, 1.165) is 5.03 Å². The molecule has 0 saturated heterocycles. The van der Waals surface area contributed by atoms with Gasteiger partial charge in [-0.05, 0) is 18.4 Å². The second kappa shape index (κ2) is 8.07. The summed E-state index contributed by atoms with van der Waals surface area (Å²) in [5.74, 6) is -0.0694. The van der Waals surface area contributed by atoms with Gasteiger partial charge in [-0.2, -0.15) is 0 Å². The van der Waals surface area contributed by atoms with Crippen LogP contribution in [0.3, 0.4) is 0 Å². The Hall–Kier alpha value is -1.11. The Morgan fingerprint density at radius 2 is 2.33 bits per heavy atom. The van der Waals surface area contributed by atoms with Gasteiger partial charge in [0, 0.05) is 19.8 Å². The topological polar surface area (TPSA) is 62.7 Å². The van der Waals surface area contributed by atoms with Crippen LogP contribution in [-0.2, 0) is 4.74 Å². The van der Waals surface area contributed by atoms with Gasteiger partial charge < -0.3 is 14.7 Å². The van der Waals surface area contributed by atoms with Gasteiger partial charge in [-0.3, -0.25) is 4.79 Å². The molecule has 1 N–H and O–H groups in total. The molecule has 1 rings (SSSR count). The van der Waals surface area contributed by atoms with Crippen LogP contribution < -0.4 is 0 Å². The summed E-state index contributed by atoms with van der Waals surface area (Å²) in [4.78, 5) is 17.9. The third kappa shape index (κ3) is 4.29. The number of hydrogen-bond donors (Lipinski definition) is 1. The van der Waals surface area contributed by atoms with Crippen LogP contribution in [0.2, 0.25) is 0 Å². The highest BCUT2D eigenvalue weighted by Crippen LogP contribution is 2.17. The molecule has 0 fully saturated rings. The van der Waals surface area contributed by atoms with E-state index in [0.29, 0.717) is 25.3 Å². The fourth-order valence-electron chi connectivity index (χ4n) is 1.39. The lowest BCUT2D eigenvalue weighted by Crippen LogP contribution is -2.30. The Balaban J connectivity index is 2.57. The number of carbonyl (C=O) groups excluding carboxylic acids is 1. The molecular weight excluding hydrogens is 252 g/mol. The number of ether oxygens (including phenoxy) is 1. The van der Waals surface area contributed by atoms with Gasteiger partial charge in [0.15, 0.2) is 0 Å². The van der Waals surface area contributed by atoms with Crippen molar-refractivity contribution in [1.29, 1.82) is 0 Å². The van der Waals surface area contributed by atoms with E-state index in [9.17, 15) is 4.79 Å². The summed E-state index contributed by atoms with van der Waals surface area (Å²) in [6.07, 6.45) is 3.57. The molecule has 100 valence electrons. The van der Waals surface area contributed by atoms with Crippen molar-refractivity contribution in [1.82, 2.24) is 9.88 Å². The number of hydrogen-bond acceptors (Lipinski definition) is 5. The Morgan fingerprint density at radius 1 is 1.56 bits per heavy atom. The van der Waals surface area contributed by atoms with E-state index >= 15 is 0 Å². The van der Waals surface area contributed by atoms with E-state index in [1.54, 1.807) is 30.3 Å². The zero-order valence-electron chi connectivity index (χ0n) is 10.6. The summed E-state index contributed by atoms with van der Waals surface area (Å²) < 4.78 is 5.13. The molecule has 0 saturated carbocycles. The van der Waals surface area contributed by atoms with Crippen molar-refractivity contribution in [2.45, 2.75) is 5.03 Å². The van der Waals surface area contributed by atoms with Crippen molar-refractivity contribution in [3.63, 3.8) is 0 Å². The summed E-state index contributed by atoms with van der Waals surface area (Å²) in [7, 11) is 1.72. The van der Waals surface area contributed by atoms with Crippen molar-refractivity contribution in [3.8, 4) is 0 Å². The van der Waals surface area contributed by atoms with Crippen molar-refractivity contribution in [2.75, 3.05) is 39.7 Å². The number of likely N-dealkylation sites (N-methyl/N-ethyl adjacent to an activating group) is 1. The molecule has 1 aromatic heterocycles. The lowest BCUT2D eigenvalue weighted by molar-refractivity contribution is 0.0615. The van der Waals surface area contributed by atoms with E-state index in [2.05, 4.69) is 4.98 Å². The minimum atomic E-state index is -0.0694. The van der Waals surface area contributed by atoms with Gasteiger partial charge in [-0.15, -0.1) is 11.8 Å². The number of carbonyl (C=O) groups is 1. The highest BCUT2D eigenvalue weighted by atomic mass is 32.2. The van der Waals surface area contributed by atoms with Crippen LogP contribution in [0.25, 0.3) is 0 Å². The number of thioether (sulfide) groups is 1. The number of nitrogens with zero attached hydrogens (tertiary/aromatic N) is 2. The zero-order chi connectivity index (χ0) is 13.4. The first-order valence-corrected chi connectivity index (χ1v) is 6.86. The van der Waals surface area contributed by atoms with Crippen LogP contribution in [0, 0.1) is 0 Å². The van der Waals surface area contributed by atoms with Gasteiger partial charge in [0.25, 0.3) is 5.91 Å². The maximum atomic E-state index is 12.2. The molecule has 0 atom stereocenters. The predicted octanol–water partition coefficient (Wildman–Crippen LogP) is 0.884. The molecule has 1 heterocycles. The second-order valence-corrected chi connectivity index (χ2v) is 4.42. The Morgan fingerprint density at radius 3 is 3.00 bits per heavy atom. The lowest BCUT2D eigenvalue weighted by Gasteiger charge is -2.18. The van der Waals surface area contributed by atoms with E-state index in [-0.39, 0.29) is 12.5 Å². The van der Waals surface area contributed by atoms with E-state index < -0.39 is 0 Å². The summed E-state index contributed by atoms with van der Waals surface area (Å²) in [6, 6.07) is 3.52. The summed E-state index contributed by atoms with van der Waals surface area (Å²) in [5.41, 5.74) is 0.606. The van der Waals surface area contributed by atoms with Gasteiger partial charge in [-0.25, -0.2) is 4.98 Å². The first kappa shape index (κ1) is 14.9. The van der Waals surface area contributed by atoms with E-state index in [4.69, 9.17) is 9.84 Å². The maximum absolute atomic E-state index is 12.2. The molecule has 0 unspecified atom stereocenters. The summed E-state index contributed by atoms with van der Waals surface area (Å²) >= 11 is 1.45. The number of rotatable bonds is 7. The van der Waals surface area contributed by atoms with Crippen LogP contribution in [-0.4, -0.2) is 60.6 Å². The van der Waals surface area contributed by atoms with Crippen LogP contribution in [0.1, 0.15) is 10.4 Å². The van der Waals surface area contributed by atoms with Crippen molar-refractivity contribution in [2.24, 2.45) is 0 Å². The van der Waals surface area contributed by atoms with Gasteiger partial charge >= 0.3 is 0 Å². The van der Waals surface area contributed by atoms with Crippen LogP contribution >= 0.6 is 11.8 Å². The number of pyridine rings is 1. The van der Waals surface area contributed by atoms with Gasteiger partial charge in [0.05, 0.1) is 25.4 Å². The van der Waals surface area contributed by atoms with Crippen LogP contribution in [0.15, 0.2) is 23.4 Å². The molecule has 0 aliphatic carbocycles. The molecule has 0 radical (unpaired) electrons. The number of aliphatic hydroxyl groups excluding tert-OH is 1. The molecule has 5 nitrogen and oxygen atoms in total. The fraction of sp³-hybridized carbons (Fsp3) is 0.500. The third-order valence-electron chi connectivity index (χ3n) is 2.35.